The number of hydrogen-bond acceptors (Lipinski definition) is 2. The fourth-order valence-corrected chi connectivity index (χ4v) is 1.55. The standard InChI is InChI=1S/C14H13F2NO/c1-9(17)10-3-2-4-12(7-10)18-14-6-5-11(15)8-13(14)16/h2-9H,17H2,1H3. The number of nitrogens with two attached hydrogens (primary N) is 1. The van der Waals surface area contributed by atoms with Gasteiger partial charge in [0.15, 0.2) is 11.6 Å². The fraction of sp³-hybridized carbons (Fsp3) is 0.143. The van der Waals surface area contributed by atoms with E-state index in [-0.39, 0.29) is 11.8 Å². The van der Waals surface area contributed by atoms with Crippen LogP contribution in [0.15, 0.2) is 42.5 Å². The van der Waals surface area contributed by atoms with Gasteiger partial charge in [0.25, 0.3) is 0 Å². The van der Waals surface area contributed by atoms with Crippen LogP contribution in [0.25, 0.3) is 0 Å². The van der Waals surface area contributed by atoms with Gasteiger partial charge in [-0.3, -0.25) is 0 Å². The average Bonchev–Trinajstić information content (AvgIpc) is 2.33. The minimum Gasteiger partial charge on any atom is -0.454 e. The molecule has 2 rings (SSSR count). The lowest BCUT2D eigenvalue weighted by molar-refractivity contribution is 0.437. The minimum absolute atomic E-state index is 0.0155. The first-order valence-corrected chi connectivity index (χ1v) is 5.54. The molecule has 2 N–H and O–H groups in total. The van der Waals surface area contributed by atoms with E-state index >= 15 is 0 Å². The summed E-state index contributed by atoms with van der Waals surface area (Å²) >= 11 is 0. The summed E-state index contributed by atoms with van der Waals surface area (Å²) in [7, 11) is 0. The molecule has 0 aliphatic rings. The highest BCUT2D eigenvalue weighted by atomic mass is 19.1. The zero-order valence-corrected chi connectivity index (χ0v) is 9.86. The molecule has 2 aromatic rings. The van der Waals surface area contributed by atoms with Gasteiger partial charge in [-0.05, 0) is 36.8 Å². The Balaban J connectivity index is 2.25. The van der Waals surface area contributed by atoms with Crippen molar-refractivity contribution in [3.63, 3.8) is 0 Å². The molecule has 0 saturated carbocycles. The van der Waals surface area contributed by atoms with Gasteiger partial charge in [-0.2, -0.15) is 0 Å². The summed E-state index contributed by atoms with van der Waals surface area (Å²) in [5, 5.41) is 0. The summed E-state index contributed by atoms with van der Waals surface area (Å²) in [6.07, 6.45) is 0. The predicted molar refractivity (Wildman–Crippen MR) is 65.5 cm³/mol. The molecule has 2 aromatic carbocycles. The molecule has 0 radical (unpaired) electrons. The summed E-state index contributed by atoms with van der Waals surface area (Å²) in [6.45, 7) is 1.84. The van der Waals surface area contributed by atoms with E-state index in [4.69, 9.17) is 10.5 Å². The summed E-state index contributed by atoms with van der Waals surface area (Å²) in [5.41, 5.74) is 6.63. The SMILES string of the molecule is CC(N)c1cccc(Oc2ccc(F)cc2F)c1. The van der Waals surface area contributed by atoms with Crippen molar-refractivity contribution in [2.75, 3.05) is 0 Å². The maximum Gasteiger partial charge on any atom is 0.168 e. The summed E-state index contributed by atoms with van der Waals surface area (Å²) < 4.78 is 31.5. The van der Waals surface area contributed by atoms with Gasteiger partial charge in [0, 0.05) is 12.1 Å². The summed E-state index contributed by atoms with van der Waals surface area (Å²) in [4.78, 5) is 0. The second kappa shape index (κ2) is 5.14. The van der Waals surface area contributed by atoms with Gasteiger partial charge in [-0.15, -0.1) is 0 Å². The Morgan fingerprint density at radius 1 is 1.11 bits per heavy atom. The maximum absolute atomic E-state index is 13.4. The highest BCUT2D eigenvalue weighted by Crippen LogP contribution is 2.26. The number of halogens is 2. The van der Waals surface area contributed by atoms with Gasteiger partial charge >= 0.3 is 0 Å². The molecule has 0 aliphatic heterocycles. The second-order valence-electron chi connectivity index (χ2n) is 4.04. The zero-order valence-electron chi connectivity index (χ0n) is 9.86. The van der Waals surface area contributed by atoms with Gasteiger partial charge in [0.1, 0.15) is 11.6 Å². The maximum atomic E-state index is 13.4. The molecule has 0 spiro atoms. The first kappa shape index (κ1) is 12.5. The number of hydrogen-bond donors (Lipinski definition) is 1. The third-order valence-electron chi connectivity index (χ3n) is 2.51. The Hall–Kier alpha value is -1.94. The normalized spacial score (nSPS) is 12.2. The topological polar surface area (TPSA) is 35.2 Å². The molecule has 1 atom stereocenters. The van der Waals surface area contributed by atoms with Crippen molar-refractivity contribution in [3.8, 4) is 11.5 Å². The molecule has 0 bridgehead atoms. The third-order valence-corrected chi connectivity index (χ3v) is 2.51. The fourth-order valence-electron chi connectivity index (χ4n) is 1.55. The molecule has 1 unspecified atom stereocenters. The monoisotopic (exact) mass is 249 g/mol. The van der Waals surface area contributed by atoms with Crippen LogP contribution in [0.3, 0.4) is 0 Å². The Morgan fingerprint density at radius 3 is 2.56 bits per heavy atom. The van der Waals surface area contributed by atoms with E-state index in [1.165, 1.54) is 6.07 Å². The highest BCUT2D eigenvalue weighted by Gasteiger charge is 2.07. The van der Waals surface area contributed by atoms with Crippen molar-refractivity contribution < 1.29 is 13.5 Å². The molecule has 0 amide bonds. The van der Waals surface area contributed by atoms with Gasteiger partial charge < -0.3 is 10.5 Å². The van der Waals surface area contributed by atoms with Crippen LogP contribution in [0.5, 0.6) is 11.5 Å². The van der Waals surface area contributed by atoms with Gasteiger partial charge in [-0.1, -0.05) is 12.1 Å². The van der Waals surface area contributed by atoms with Gasteiger partial charge in [-0.25, -0.2) is 8.78 Å². The molecular weight excluding hydrogens is 236 g/mol. The van der Waals surface area contributed by atoms with Crippen molar-refractivity contribution >= 4 is 0 Å². The first-order valence-electron chi connectivity index (χ1n) is 5.54. The van der Waals surface area contributed by atoms with Crippen molar-refractivity contribution in [2.45, 2.75) is 13.0 Å². The Kier molecular flexibility index (Phi) is 3.58. The lowest BCUT2D eigenvalue weighted by Crippen LogP contribution is -2.04. The molecule has 94 valence electrons. The van der Waals surface area contributed by atoms with E-state index in [1.54, 1.807) is 18.2 Å². The van der Waals surface area contributed by atoms with Crippen molar-refractivity contribution in [3.05, 3.63) is 59.7 Å². The lowest BCUT2D eigenvalue weighted by atomic mass is 10.1. The van der Waals surface area contributed by atoms with Crippen LogP contribution < -0.4 is 10.5 Å². The Morgan fingerprint density at radius 2 is 1.89 bits per heavy atom. The van der Waals surface area contributed by atoms with Crippen LogP contribution in [-0.4, -0.2) is 0 Å². The zero-order chi connectivity index (χ0) is 13.1. The number of ether oxygens (including phenoxy) is 1. The van der Waals surface area contributed by atoms with Crippen LogP contribution in [0.2, 0.25) is 0 Å². The van der Waals surface area contributed by atoms with Crippen LogP contribution >= 0.6 is 0 Å². The van der Waals surface area contributed by atoms with Crippen molar-refractivity contribution in [2.24, 2.45) is 5.73 Å². The lowest BCUT2D eigenvalue weighted by Gasteiger charge is -2.10. The molecule has 18 heavy (non-hydrogen) atoms. The molecule has 0 fully saturated rings. The largest absolute Gasteiger partial charge is 0.454 e. The van der Waals surface area contributed by atoms with E-state index in [1.807, 2.05) is 13.0 Å². The van der Waals surface area contributed by atoms with E-state index in [0.29, 0.717) is 5.75 Å². The first-order chi connectivity index (χ1) is 8.56. The van der Waals surface area contributed by atoms with E-state index in [2.05, 4.69) is 0 Å². The second-order valence-corrected chi connectivity index (χ2v) is 4.04. The van der Waals surface area contributed by atoms with E-state index < -0.39 is 11.6 Å². The van der Waals surface area contributed by atoms with Gasteiger partial charge in [0.2, 0.25) is 0 Å². The Labute approximate surface area is 104 Å². The number of rotatable bonds is 3. The third kappa shape index (κ3) is 2.84. The van der Waals surface area contributed by atoms with Gasteiger partial charge in [0.05, 0.1) is 0 Å². The van der Waals surface area contributed by atoms with Crippen molar-refractivity contribution in [1.82, 2.24) is 0 Å². The Bertz CT molecular complexity index is 555. The van der Waals surface area contributed by atoms with Crippen LogP contribution in [0.4, 0.5) is 8.78 Å². The van der Waals surface area contributed by atoms with Crippen LogP contribution in [0.1, 0.15) is 18.5 Å². The summed E-state index contributed by atoms with van der Waals surface area (Å²) in [5.74, 6) is -0.918. The smallest absolute Gasteiger partial charge is 0.168 e. The molecule has 0 aromatic heterocycles. The van der Waals surface area contributed by atoms with E-state index in [9.17, 15) is 8.78 Å². The quantitative estimate of drug-likeness (QED) is 0.898. The van der Waals surface area contributed by atoms with Crippen molar-refractivity contribution in [1.29, 1.82) is 0 Å². The molecule has 4 heteroatoms. The minimum atomic E-state index is -0.735. The molecule has 2 nitrogen and oxygen atoms in total. The average molecular weight is 249 g/mol. The van der Waals surface area contributed by atoms with Crippen LogP contribution in [0, 0.1) is 11.6 Å². The highest BCUT2D eigenvalue weighted by molar-refractivity contribution is 5.35. The van der Waals surface area contributed by atoms with Crippen LogP contribution in [-0.2, 0) is 0 Å². The molecule has 0 heterocycles. The predicted octanol–water partition coefficient (Wildman–Crippen LogP) is 3.78. The summed E-state index contributed by atoms with van der Waals surface area (Å²) in [6, 6.07) is 10.1. The molecule has 0 saturated heterocycles. The molecular formula is C14H13F2NO. The van der Waals surface area contributed by atoms with E-state index in [0.717, 1.165) is 17.7 Å². The number of benzene rings is 2. The molecule has 0 aliphatic carbocycles.